The van der Waals surface area contributed by atoms with Crippen LogP contribution in [0.1, 0.15) is 129 Å². The molecule has 1 heterocycles. The van der Waals surface area contributed by atoms with E-state index in [4.69, 9.17) is 0 Å². The van der Waals surface area contributed by atoms with Gasteiger partial charge in [-0.05, 0) is 80.7 Å². The summed E-state index contributed by atoms with van der Waals surface area (Å²) in [5.41, 5.74) is 7.23. The molecule has 46 heavy (non-hydrogen) atoms. The lowest BCUT2D eigenvalue weighted by atomic mass is 9.74. The molecule has 0 radical (unpaired) electrons. The molecule has 1 amide bonds. The molecule has 5 rings (SSSR count). The van der Waals surface area contributed by atoms with Gasteiger partial charge in [-0.25, -0.2) is 0 Å². The van der Waals surface area contributed by atoms with E-state index in [1.54, 1.807) is 0 Å². The predicted octanol–water partition coefficient (Wildman–Crippen LogP) is 9.84. The minimum atomic E-state index is -0.652. The number of benzene rings is 3. The fraction of sp³-hybridized carbons (Fsp3) is 0.463. The summed E-state index contributed by atoms with van der Waals surface area (Å²) in [5.74, 6) is -0.0144. The number of amides is 1. The average Bonchev–Trinajstić information content (AvgIpc) is 3.10. The van der Waals surface area contributed by atoms with Crippen LogP contribution in [-0.4, -0.2) is 16.8 Å². The fourth-order valence-electron chi connectivity index (χ4n) is 6.88. The van der Waals surface area contributed by atoms with Gasteiger partial charge in [0.05, 0.1) is 17.4 Å². The summed E-state index contributed by atoms with van der Waals surface area (Å²) in [5, 5.41) is 15.3. The zero-order valence-electron chi connectivity index (χ0n) is 29.6. The third-order valence-corrected chi connectivity index (χ3v) is 9.53. The number of allylic oxidation sites excluding steroid dienone is 1. The number of carbonyl (C=O) groups is 2. The molecule has 0 unspecified atom stereocenters. The Morgan fingerprint density at radius 3 is 1.89 bits per heavy atom. The van der Waals surface area contributed by atoms with Gasteiger partial charge < -0.3 is 10.4 Å². The first-order chi connectivity index (χ1) is 21.3. The topological polar surface area (TPSA) is 69.6 Å². The Balaban J connectivity index is 1.78. The molecule has 5 nitrogen and oxygen atoms in total. The van der Waals surface area contributed by atoms with Gasteiger partial charge in [0.1, 0.15) is 5.75 Å². The van der Waals surface area contributed by atoms with E-state index in [9.17, 15) is 14.7 Å². The number of hydrogen-bond acceptors (Lipinski definition) is 4. The first-order valence-corrected chi connectivity index (χ1v) is 16.7. The normalized spacial score (nSPS) is 19.0. The summed E-state index contributed by atoms with van der Waals surface area (Å²) < 4.78 is 0. The van der Waals surface area contributed by atoms with Crippen LogP contribution in [0.4, 0.5) is 11.4 Å². The molecule has 5 heteroatoms. The number of rotatable bonds is 3. The third kappa shape index (κ3) is 6.26. The van der Waals surface area contributed by atoms with Crippen LogP contribution in [0, 0.1) is 5.92 Å². The highest BCUT2D eigenvalue weighted by Gasteiger charge is 2.43. The number of hydrogen-bond donors (Lipinski definition) is 2. The Labute approximate surface area is 276 Å². The molecule has 0 spiro atoms. The second-order valence-electron chi connectivity index (χ2n) is 16.7. The summed E-state index contributed by atoms with van der Waals surface area (Å²) in [6.07, 6.45) is 1.02. The summed E-state index contributed by atoms with van der Waals surface area (Å²) in [7, 11) is 0. The van der Waals surface area contributed by atoms with Gasteiger partial charge in [0.25, 0.3) is 0 Å². The molecule has 1 aliphatic heterocycles. The molecule has 0 bridgehead atoms. The van der Waals surface area contributed by atoms with Gasteiger partial charge >= 0.3 is 0 Å². The molecule has 0 saturated carbocycles. The minimum Gasteiger partial charge on any atom is -0.507 e. The van der Waals surface area contributed by atoms with Gasteiger partial charge in [0.15, 0.2) is 5.78 Å². The van der Waals surface area contributed by atoms with Gasteiger partial charge in [-0.2, -0.15) is 0 Å². The number of Topliss-reactive ketones (excluding diaryl/α,β-unsaturated/α-hetero) is 1. The molecule has 2 aliphatic rings. The van der Waals surface area contributed by atoms with Crippen LogP contribution in [0.3, 0.4) is 0 Å². The maximum absolute atomic E-state index is 14.6. The van der Waals surface area contributed by atoms with Crippen molar-refractivity contribution in [2.24, 2.45) is 5.92 Å². The molecule has 0 saturated heterocycles. The number of phenols is 1. The Morgan fingerprint density at radius 1 is 0.804 bits per heavy atom. The summed E-state index contributed by atoms with van der Waals surface area (Å²) in [6, 6.07) is 20.0. The lowest BCUT2D eigenvalue weighted by Gasteiger charge is -2.37. The lowest BCUT2D eigenvalue weighted by molar-refractivity contribution is -0.121. The van der Waals surface area contributed by atoms with E-state index < -0.39 is 6.04 Å². The van der Waals surface area contributed by atoms with Crippen molar-refractivity contribution in [3.05, 3.63) is 99.8 Å². The molecule has 2 N–H and O–H groups in total. The molecule has 3 aromatic carbocycles. The number of fused-ring (bicyclic) bond motifs is 1. The minimum absolute atomic E-state index is 0.0167. The van der Waals surface area contributed by atoms with Gasteiger partial charge in [-0.3, -0.25) is 14.5 Å². The van der Waals surface area contributed by atoms with E-state index >= 15 is 0 Å². The second-order valence-corrected chi connectivity index (χ2v) is 16.7. The SMILES string of the molecule is CC(C)C(=O)N1c2ccccc2NC2=C(C(=O)C[C@@H](c3ccc(C(C)(C)C)cc3)C2)[C@H]1c1cc(C(C)(C)C)c(O)c(C(C)(C)C)c1. The smallest absolute Gasteiger partial charge is 0.230 e. The van der Waals surface area contributed by atoms with Crippen LogP contribution in [0.25, 0.3) is 0 Å². The maximum Gasteiger partial charge on any atom is 0.230 e. The van der Waals surface area contributed by atoms with Gasteiger partial charge in [0.2, 0.25) is 5.91 Å². The van der Waals surface area contributed by atoms with Crippen molar-refractivity contribution in [1.29, 1.82) is 0 Å². The number of phenolic OH excluding ortho intramolecular Hbond substituents is 1. The summed E-state index contributed by atoms with van der Waals surface area (Å²) >= 11 is 0. The monoisotopic (exact) mass is 620 g/mol. The molecular weight excluding hydrogens is 568 g/mol. The van der Waals surface area contributed by atoms with E-state index in [2.05, 4.69) is 91.9 Å². The van der Waals surface area contributed by atoms with E-state index in [1.807, 2.05) is 55.1 Å². The molecule has 2 atom stereocenters. The Kier molecular flexibility index (Phi) is 8.55. The van der Waals surface area contributed by atoms with E-state index in [1.165, 1.54) is 5.56 Å². The highest BCUT2D eigenvalue weighted by molar-refractivity contribution is 6.07. The van der Waals surface area contributed by atoms with Crippen LogP contribution in [0.5, 0.6) is 5.75 Å². The number of nitrogens with zero attached hydrogens (tertiary/aromatic N) is 1. The van der Waals surface area contributed by atoms with E-state index in [-0.39, 0.29) is 45.5 Å². The zero-order chi connectivity index (χ0) is 33.9. The standard InChI is InChI=1S/C41H52N2O3/c1-24(2)38(46)43-33-15-13-12-14-31(33)42-32-22-26(25-16-18-28(19-17-25)39(3,4)5)23-34(44)35(32)36(43)27-20-29(40(6,7)8)37(45)30(21-27)41(9,10)11/h12-21,24,26,36,42,45H,22-23H2,1-11H3/t26-,36+/m0/s1. The van der Waals surface area contributed by atoms with Crippen molar-refractivity contribution < 1.29 is 14.7 Å². The number of ketones is 1. The first kappa shape index (κ1) is 33.5. The zero-order valence-corrected chi connectivity index (χ0v) is 29.6. The fourth-order valence-corrected chi connectivity index (χ4v) is 6.88. The number of aromatic hydroxyl groups is 1. The summed E-state index contributed by atoms with van der Waals surface area (Å²) in [4.78, 5) is 30.8. The molecule has 3 aromatic rings. The number of nitrogens with one attached hydrogen (secondary N) is 1. The molecule has 0 aromatic heterocycles. The number of carbonyl (C=O) groups excluding carboxylic acids is 2. The van der Waals surface area contributed by atoms with Crippen molar-refractivity contribution >= 4 is 23.1 Å². The molecule has 244 valence electrons. The lowest BCUT2D eigenvalue weighted by Crippen LogP contribution is -2.41. The molecular formula is C41H52N2O3. The van der Waals surface area contributed by atoms with Gasteiger partial charge in [-0.15, -0.1) is 0 Å². The largest absolute Gasteiger partial charge is 0.507 e. The van der Waals surface area contributed by atoms with Crippen molar-refractivity contribution in [2.45, 2.75) is 117 Å². The quantitative estimate of drug-likeness (QED) is 0.306. The predicted molar refractivity (Wildman–Crippen MR) is 190 cm³/mol. The van der Waals surface area contributed by atoms with Crippen molar-refractivity contribution in [1.82, 2.24) is 0 Å². The highest BCUT2D eigenvalue weighted by Crippen LogP contribution is 2.50. The average molecular weight is 621 g/mol. The Bertz CT molecular complexity index is 1660. The third-order valence-electron chi connectivity index (χ3n) is 9.53. The van der Waals surface area contributed by atoms with Crippen molar-refractivity contribution in [3.63, 3.8) is 0 Å². The van der Waals surface area contributed by atoms with Gasteiger partial charge in [-0.1, -0.05) is 113 Å². The van der Waals surface area contributed by atoms with Crippen LogP contribution >= 0.6 is 0 Å². The van der Waals surface area contributed by atoms with Crippen molar-refractivity contribution in [3.8, 4) is 5.75 Å². The first-order valence-electron chi connectivity index (χ1n) is 16.7. The number of anilines is 2. The van der Waals surface area contributed by atoms with Crippen LogP contribution < -0.4 is 10.2 Å². The Morgan fingerprint density at radius 2 is 1.37 bits per heavy atom. The van der Waals surface area contributed by atoms with Crippen molar-refractivity contribution in [2.75, 3.05) is 10.2 Å². The van der Waals surface area contributed by atoms with Crippen LogP contribution in [-0.2, 0) is 25.8 Å². The highest BCUT2D eigenvalue weighted by atomic mass is 16.3. The molecule has 1 aliphatic carbocycles. The Hall–Kier alpha value is -3.86. The molecule has 0 fully saturated rings. The number of para-hydroxylation sites is 2. The van der Waals surface area contributed by atoms with Crippen LogP contribution in [0.2, 0.25) is 0 Å². The van der Waals surface area contributed by atoms with E-state index in [0.717, 1.165) is 39.3 Å². The van der Waals surface area contributed by atoms with E-state index in [0.29, 0.717) is 18.4 Å². The van der Waals surface area contributed by atoms with Gasteiger partial charge in [0, 0.05) is 23.6 Å². The summed E-state index contributed by atoms with van der Waals surface area (Å²) in [6.45, 7) is 23.0. The second kappa shape index (κ2) is 11.7. The maximum atomic E-state index is 14.6. The van der Waals surface area contributed by atoms with Crippen LogP contribution in [0.15, 0.2) is 71.9 Å².